The van der Waals surface area contributed by atoms with Gasteiger partial charge in [0, 0.05) is 12.2 Å². The smallest absolute Gasteiger partial charge is 0.189 e. The first-order valence-electron chi connectivity index (χ1n) is 5.61. The lowest BCUT2D eigenvalue weighted by Gasteiger charge is -2.15. The van der Waals surface area contributed by atoms with Gasteiger partial charge in [0.1, 0.15) is 0 Å². The van der Waals surface area contributed by atoms with Crippen LogP contribution in [0.1, 0.15) is 59.8 Å². The molecule has 14 heavy (non-hydrogen) atoms. The van der Waals surface area contributed by atoms with Crippen LogP contribution in [0.25, 0.3) is 0 Å². The molecule has 0 atom stereocenters. The predicted molar refractivity (Wildman–Crippen MR) is 65.7 cm³/mol. The Kier molecular flexibility index (Phi) is 7.34. The van der Waals surface area contributed by atoms with Gasteiger partial charge in [-0.05, 0) is 11.8 Å². The summed E-state index contributed by atoms with van der Waals surface area (Å²) < 4.78 is 0. The van der Waals surface area contributed by atoms with Gasteiger partial charge in [-0.3, -0.25) is 4.79 Å². The predicted octanol–water partition coefficient (Wildman–Crippen LogP) is 4.26. The lowest BCUT2D eigenvalue weighted by molar-refractivity contribution is -0.112. The van der Waals surface area contributed by atoms with Crippen LogP contribution in [0.15, 0.2) is 0 Å². The van der Waals surface area contributed by atoms with Gasteiger partial charge >= 0.3 is 0 Å². The Morgan fingerprint density at radius 2 is 1.79 bits per heavy atom. The van der Waals surface area contributed by atoms with Gasteiger partial charge in [-0.1, -0.05) is 58.7 Å². The van der Waals surface area contributed by atoms with Crippen LogP contribution >= 0.6 is 11.8 Å². The highest BCUT2D eigenvalue weighted by atomic mass is 32.2. The quantitative estimate of drug-likeness (QED) is 0.617. The van der Waals surface area contributed by atoms with E-state index < -0.39 is 0 Å². The van der Waals surface area contributed by atoms with Crippen molar-refractivity contribution in [2.75, 3.05) is 5.75 Å². The van der Waals surface area contributed by atoms with Gasteiger partial charge in [-0.2, -0.15) is 0 Å². The molecule has 0 bridgehead atoms. The lowest BCUT2D eigenvalue weighted by Crippen LogP contribution is -2.10. The molecule has 0 heterocycles. The van der Waals surface area contributed by atoms with E-state index in [1.807, 2.05) is 0 Å². The summed E-state index contributed by atoms with van der Waals surface area (Å²) in [6.45, 7) is 8.55. The Hall–Kier alpha value is 0.0200. The van der Waals surface area contributed by atoms with E-state index in [9.17, 15) is 4.79 Å². The molecule has 84 valence electrons. The Labute approximate surface area is 93.0 Å². The van der Waals surface area contributed by atoms with Crippen molar-refractivity contribution >= 4 is 16.9 Å². The molecule has 0 rings (SSSR count). The fraction of sp³-hybridized carbons (Fsp3) is 0.917. The van der Waals surface area contributed by atoms with Crippen molar-refractivity contribution in [3.8, 4) is 0 Å². The number of hydrogen-bond donors (Lipinski definition) is 0. The summed E-state index contributed by atoms with van der Waals surface area (Å²) in [5, 5.41) is 0.356. The molecule has 0 aromatic heterocycles. The standard InChI is InChI=1S/C12H24OS/c1-5-6-7-8-9-14-11(13)10-12(2,3)4/h5-10H2,1-4H3. The second-order valence-electron chi connectivity index (χ2n) is 5.02. The van der Waals surface area contributed by atoms with E-state index in [1.54, 1.807) is 0 Å². The highest BCUT2D eigenvalue weighted by molar-refractivity contribution is 8.13. The van der Waals surface area contributed by atoms with Crippen LogP contribution in [-0.4, -0.2) is 10.9 Å². The molecular weight excluding hydrogens is 192 g/mol. The summed E-state index contributed by atoms with van der Waals surface area (Å²) in [7, 11) is 0. The molecule has 0 aliphatic rings. The molecule has 0 fully saturated rings. The molecule has 0 saturated carbocycles. The minimum absolute atomic E-state index is 0.146. The number of hydrogen-bond acceptors (Lipinski definition) is 2. The van der Waals surface area contributed by atoms with Crippen LogP contribution in [0.2, 0.25) is 0 Å². The molecule has 2 heteroatoms. The first kappa shape index (κ1) is 14.0. The van der Waals surface area contributed by atoms with E-state index in [0.717, 1.165) is 5.75 Å². The lowest BCUT2D eigenvalue weighted by atomic mass is 9.93. The van der Waals surface area contributed by atoms with E-state index in [1.165, 1.54) is 37.4 Å². The first-order chi connectivity index (χ1) is 6.45. The second-order valence-corrected chi connectivity index (χ2v) is 6.17. The zero-order valence-corrected chi connectivity index (χ0v) is 10.9. The molecule has 1 nitrogen and oxygen atoms in total. The van der Waals surface area contributed by atoms with Crippen LogP contribution in [0.3, 0.4) is 0 Å². The van der Waals surface area contributed by atoms with E-state index >= 15 is 0 Å². The molecule has 0 aromatic rings. The molecule has 0 aromatic carbocycles. The van der Waals surface area contributed by atoms with Crippen LogP contribution in [0.5, 0.6) is 0 Å². The molecule has 0 spiro atoms. The molecule has 0 unspecified atom stereocenters. The summed E-state index contributed by atoms with van der Waals surface area (Å²) in [6.07, 6.45) is 5.72. The normalized spacial score (nSPS) is 11.7. The highest BCUT2D eigenvalue weighted by Crippen LogP contribution is 2.23. The summed E-state index contributed by atoms with van der Waals surface area (Å²) in [5.41, 5.74) is 0.146. The zero-order chi connectivity index (χ0) is 11.0. The van der Waals surface area contributed by atoms with Crippen LogP contribution in [0, 0.1) is 5.41 Å². The Morgan fingerprint density at radius 1 is 1.14 bits per heavy atom. The van der Waals surface area contributed by atoms with Crippen molar-refractivity contribution < 1.29 is 4.79 Å². The third kappa shape index (κ3) is 10.1. The topological polar surface area (TPSA) is 17.1 Å². The second kappa shape index (κ2) is 7.33. The average Bonchev–Trinajstić information content (AvgIpc) is 2.00. The number of unbranched alkanes of at least 4 members (excludes halogenated alkanes) is 3. The van der Waals surface area contributed by atoms with Crippen LogP contribution in [-0.2, 0) is 4.79 Å². The summed E-state index contributed by atoms with van der Waals surface area (Å²) >= 11 is 1.51. The van der Waals surface area contributed by atoms with E-state index in [0.29, 0.717) is 11.5 Å². The minimum Gasteiger partial charge on any atom is -0.287 e. The van der Waals surface area contributed by atoms with E-state index in [4.69, 9.17) is 0 Å². The fourth-order valence-corrected chi connectivity index (χ4v) is 2.31. The van der Waals surface area contributed by atoms with Crippen molar-refractivity contribution in [3.63, 3.8) is 0 Å². The molecule has 0 aliphatic carbocycles. The number of carbonyl (C=O) groups excluding carboxylic acids is 1. The van der Waals surface area contributed by atoms with Crippen molar-refractivity contribution in [1.29, 1.82) is 0 Å². The van der Waals surface area contributed by atoms with Gasteiger partial charge in [-0.25, -0.2) is 0 Å². The van der Waals surface area contributed by atoms with Crippen molar-refractivity contribution in [2.45, 2.75) is 59.8 Å². The molecular formula is C12H24OS. The summed E-state index contributed by atoms with van der Waals surface area (Å²) in [4.78, 5) is 11.5. The maximum Gasteiger partial charge on any atom is 0.189 e. The molecule has 0 N–H and O–H groups in total. The third-order valence-corrected chi connectivity index (χ3v) is 2.89. The summed E-state index contributed by atoms with van der Waals surface area (Å²) in [6, 6.07) is 0. The Morgan fingerprint density at radius 3 is 2.29 bits per heavy atom. The SMILES string of the molecule is CCCCCCSC(=O)CC(C)(C)C. The van der Waals surface area contributed by atoms with Gasteiger partial charge in [0.25, 0.3) is 0 Å². The van der Waals surface area contributed by atoms with E-state index in [-0.39, 0.29) is 5.41 Å². The Bertz CT molecular complexity index is 158. The minimum atomic E-state index is 0.146. The zero-order valence-electron chi connectivity index (χ0n) is 10.1. The van der Waals surface area contributed by atoms with Crippen molar-refractivity contribution in [1.82, 2.24) is 0 Å². The van der Waals surface area contributed by atoms with E-state index in [2.05, 4.69) is 27.7 Å². The summed E-state index contributed by atoms with van der Waals surface area (Å²) in [5.74, 6) is 1.01. The number of rotatable bonds is 6. The first-order valence-corrected chi connectivity index (χ1v) is 6.60. The number of thioether (sulfide) groups is 1. The fourth-order valence-electron chi connectivity index (χ4n) is 1.20. The van der Waals surface area contributed by atoms with Crippen molar-refractivity contribution in [3.05, 3.63) is 0 Å². The highest BCUT2D eigenvalue weighted by Gasteiger charge is 2.15. The van der Waals surface area contributed by atoms with Gasteiger partial charge in [0.2, 0.25) is 0 Å². The number of carbonyl (C=O) groups is 1. The molecule has 0 aliphatic heterocycles. The monoisotopic (exact) mass is 216 g/mol. The van der Waals surface area contributed by atoms with Gasteiger partial charge in [0.15, 0.2) is 5.12 Å². The van der Waals surface area contributed by atoms with Crippen LogP contribution < -0.4 is 0 Å². The van der Waals surface area contributed by atoms with Crippen molar-refractivity contribution in [2.24, 2.45) is 5.41 Å². The average molecular weight is 216 g/mol. The van der Waals surface area contributed by atoms with Gasteiger partial charge < -0.3 is 0 Å². The van der Waals surface area contributed by atoms with Gasteiger partial charge in [0.05, 0.1) is 0 Å². The molecule has 0 saturated heterocycles. The third-order valence-electron chi connectivity index (χ3n) is 1.94. The molecule has 0 amide bonds. The maximum atomic E-state index is 11.5. The Balaban J connectivity index is 3.36. The maximum absolute atomic E-state index is 11.5. The van der Waals surface area contributed by atoms with Gasteiger partial charge in [-0.15, -0.1) is 0 Å². The molecule has 0 radical (unpaired) electrons. The largest absolute Gasteiger partial charge is 0.287 e. The van der Waals surface area contributed by atoms with Crippen LogP contribution in [0.4, 0.5) is 0 Å².